The Kier molecular flexibility index (Phi) is 5.44. The molecule has 0 spiro atoms. The maximum atomic E-state index is 13.1. The summed E-state index contributed by atoms with van der Waals surface area (Å²) in [5, 5.41) is 3.36. The van der Waals surface area contributed by atoms with Crippen LogP contribution in [0.5, 0.6) is 0 Å². The smallest absolute Gasteiger partial charge is 0.126 e. The largest absolute Gasteiger partial charge is 0.333 e. The van der Waals surface area contributed by atoms with Crippen LogP contribution in [-0.2, 0) is 19.5 Å². The average molecular weight is 293 g/mol. The van der Waals surface area contributed by atoms with Gasteiger partial charge in [-0.3, -0.25) is 0 Å². The molecule has 0 unspecified atom stereocenters. The van der Waals surface area contributed by atoms with Gasteiger partial charge in [0.1, 0.15) is 11.6 Å². The lowest BCUT2D eigenvalue weighted by atomic mass is 10.1. The van der Waals surface area contributed by atoms with Gasteiger partial charge in [0.05, 0.1) is 12.0 Å². The number of hydrogen-bond acceptors (Lipinski definition) is 2. The van der Waals surface area contributed by atoms with Crippen LogP contribution >= 0.6 is 0 Å². The molecule has 114 valence electrons. The molecule has 0 bridgehead atoms. The van der Waals surface area contributed by atoms with Crippen molar-refractivity contribution >= 4 is 0 Å². The van der Waals surface area contributed by atoms with Gasteiger partial charge >= 0.3 is 0 Å². The number of hydrogen-bond donors (Lipinski definition) is 1. The molecule has 5 heteroatoms. The summed E-state index contributed by atoms with van der Waals surface area (Å²) in [6, 6.07) is 3.63. The minimum absolute atomic E-state index is 0.533. The standard InChI is InChI=1S/C16H21F2N3/c1-12(2)8-19-9-16-10-20-11-21(16)4-3-13-5-14(17)7-15(18)6-13/h5-7,10-12,19H,3-4,8-9H2,1-2H3. The van der Waals surface area contributed by atoms with E-state index >= 15 is 0 Å². The number of nitrogens with one attached hydrogen (secondary N) is 1. The highest BCUT2D eigenvalue weighted by Gasteiger charge is 2.05. The molecule has 21 heavy (non-hydrogen) atoms. The molecule has 1 heterocycles. The maximum absolute atomic E-state index is 13.1. The minimum Gasteiger partial charge on any atom is -0.333 e. The molecule has 0 aliphatic heterocycles. The van der Waals surface area contributed by atoms with Gasteiger partial charge in [-0.15, -0.1) is 0 Å². The first-order chi connectivity index (χ1) is 10.0. The van der Waals surface area contributed by atoms with Gasteiger partial charge in [-0.1, -0.05) is 13.8 Å². The van der Waals surface area contributed by atoms with Crippen LogP contribution in [0.2, 0.25) is 0 Å². The molecule has 0 fully saturated rings. The second-order valence-corrected chi connectivity index (χ2v) is 5.63. The number of halogens is 2. The van der Waals surface area contributed by atoms with E-state index in [-0.39, 0.29) is 0 Å². The van der Waals surface area contributed by atoms with Crippen LogP contribution in [-0.4, -0.2) is 16.1 Å². The van der Waals surface area contributed by atoms with Crippen LogP contribution in [0, 0.1) is 17.6 Å². The quantitative estimate of drug-likeness (QED) is 0.850. The van der Waals surface area contributed by atoms with Crippen molar-refractivity contribution in [3.8, 4) is 0 Å². The van der Waals surface area contributed by atoms with Gasteiger partial charge in [0, 0.05) is 25.4 Å². The van der Waals surface area contributed by atoms with Gasteiger partial charge in [0.15, 0.2) is 0 Å². The monoisotopic (exact) mass is 293 g/mol. The first kappa shape index (κ1) is 15.6. The normalized spacial score (nSPS) is 11.3. The van der Waals surface area contributed by atoms with Gasteiger partial charge in [-0.05, 0) is 36.6 Å². The molecule has 0 aliphatic rings. The fraction of sp³-hybridized carbons (Fsp3) is 0.438. The third-order valence-electron chi connectivity index (χ3n) is 3.22. The Morgan fingerprint density at radius 2 is 1.90 bits per heavy atom. The van der Waals surface area contributed by atoms with E-state index in [1.165, 1.54) is 12.1 Å². The molecule has 2 rings (SSSR count). The third-order valence-corrected chi connectivity index (χ3v) is 3.22. The fourth-order valence-electron chi connectivity index (χ4n) is 2.19. The van der Waals surface area contributed by atoms with Crippen molar-refractivity contribution in [2.24, 2.45) is 5.92 Å². The molecule has 1 aromatic heterocycles. The number of nitrogens with zero attached hydrogens (tertiary/aromatic N) is 2. The summed E-state index contributed by atoms with van der Waals surface area (Å²) in [7, 11) is 0. The fourth-order valence-corrected chi connectivity index (χ4v) is 2.19. The van der Waals surface area contributed by atoms with Crippen LogP contribution in [0.1, 0.15) is 25.1 Å². The predicted molar refractivity (Wildman–Crippen MR) is 78.8 cm³/mol. The van der Waals surface area contributed by atoms with E-state index in [4.69, 9.17) is 0 Å². The van der Waals surface area contributed by atoms with Crippen LogP contribution in [0.3, 0.4) is 0 Å². The summed E-state index contributed by atoms with van der Waals surface area (Å²) in [6.07, 6.45) is 4.14. The summed E-state index contributed by atoms with van der Waals surface area (Å²) in [6.45, 7) is 6.66. The number of aryl methyl sites for hydroxylation is 2. The number of benzene rings is 1. The molecule has 0 aliphatic carbocycles. The van der Waals surface area contributed by atoms with E-state index in [1.807, 2.05) is 10.8 Å². The lowest BCUT2D eigenvalue weighted by Crippen LogP contribution is -2.21. The number of imidazole rings is 1. The van der Waals surface area contributed by atoms with Crippen LogP contribution < -0.4 is 5.32 Å². The summed E-state index contributed by atoms with van der Waals surface area (Å²) < 4.78 is 28.3. The Hall–Kier alpha value is -1.75. The first-order valence-corrected chi connectivity index (χ1v) is 7.19. The molecule has 0 radical (unpaired) electrons. The van der Waals surface area contributed by atoms with E-state index in [2.05, 4.69) is 24.1 Å². The Morgan fingerprint density at radius 3 is 2.57 bits per heavy atom. The molecule has 2 aromatic rings. The molecular formula is C16H21F2N3. The lowest BCUT2D eigenvalue weighted by molar-refractivity contribution is 0.533. The zero-order valence-electron chi connectivity index (χ0n) is 12.4. The zero-order valence-corrected chi connectivity index (χ0v) is 12.4. The van der Waals surface area contributed by atoms with Gasteiger partial charge < -0.3 is 9.88 Å². The molecule has 1 N–H and O–H groups in total. The highest BCUT2D eigenvalue weighted by molar-refractivity contribution is 5.18. The van der Waals surface area contributed by atoms with Gasteiger partial charge in [-0.2, -0.15) is 0 Å². The summed E-state index contributed by atoms with van der Waals surface area (Å²) in [4.78, 5) is 4.14. The van der Waals surface area contributed by atoms with Crippen molar-refractivity contribution in [3.63, 3.8) is 0 Å². The van der Waals surface area contributed by atoms with Crippen molar-refractivity contribution in [1.29, 1.82) is 0 Å². The third kappa shape index (κ3) is 4.93. The van der Waals surface area contributed by atoms with Crippen molar-refractivity contribution in [1.82, 2.24) is 14.9 Å². The Morgan fingerprint density at radius 1 is 1.19 bits per heavy atom. The van der Waals surface area contributed by atoms with Crippen molar-refractivity contribution in [2.75, 3.05) is 6.54 Å². The van der Waals surface area contributed by atoms with E-state index < -0.39 is 11.6 Å². The Labute approximate surface area is 124 Å². The minimum atomic E-state index is -0.533. The highest BCUT2D eigenvalue weighted by atomic mass is 19.1. The molecule has 3 nitrogen and oxygen atoms in total. The van der Waals surface area contributed by atoms with Crippen molar-refractivity contribution in [3.05, 3.63) is 53.6 Å². The molecule has 0 amide bonds. The maximum Gasteiger partial charge on any atom is 0.126 e. The SMILES string of the molecule is CC(C)CNCc1cncn1CCc1cc(F)cc(F)c1. The van der Waals surface area contributed by atoms with E-state index in [9.17, 15) is 8.78 Å². The molecule has 1 aromatic carbocycles. The van der Waals surface area contributed by atoms with Crippen LogP contribution in [0.15, 0.2) is 30.7 Å². The summed E-state index contributed by atoms with van der Waals surface area (Å²) >= 11 is 0. The first-order valence-electron chi connectivity index (χ1n) is 7.19. The Balaban J connectivity index is 1.92. The van der Waals surface area contributed by atoms with Crippen LogP contribution in [0.25, 0.3) is 0 Å². The zero-order chi connectivity index (χ0) is 15.2. The summed E-state index contributed by atoms with van der Waals surface area (Å²) in [5.74, 6) is -0.472. The van der Waals surface area contributed by atoms with Gasteiger partial charge in [0.25, 0.3) is 0 Å². The summed E-state index contributed by atoms with van der Waals surface area (Å²) in [5.41, 5.74) is 1.73. The average Bonchev–Trinajstić information content (AvgIpc) is 2.82. The highest BCUT2D eigenvalue weighted by Crippen LogP contribution is 2.10. The van der Waals surface area contributed by atoms with Gasteiger partial charge in [0.2, 0.25) is 0 Å². The number of aromatic nitrogens is 2. The Bertz CT molecular complexity index is 558. The topological polar surface area (TPSA) is 29.9 Å². The second-order valence-electron chi connectivity index (χ2n) is 5.63. The molecular weight excluding hydrogens is 272 g/mol. The van der Waals surface area contributed by atoms with E-state index in [0.29, 0.717) is 24.4 Å². The molecule has 0 atom stereocenters. The molecule has 0 saturated carbocycles. The molecule has 0 saturated heterocycles. The lowest BCUT2D eigenvalue weighted by Gasteiger charge is -2.10. The number of rotatable bonds is 7. The van der Waals surface area contributed by atoms with E-state index in [1.54, 1.807) is 6.33 Å². The van der Waals surface area contributed by atoms with Crippen LogP contribution in [0.4, 0.5) is 8.78 Å². The van der Waals surface area contributed by atoms with Crippen molar-refractivity contribution in [2.45, 2.75) is 33.4 Å². The second kappa shape index (κ2) is 7.31. The van der Waals surface area contributed by atoms with Gasteiger partial charge in [-0.25, -0.2) is 13.8 Å². The predicted octanol–water partition coefficient (Wildman–Crippen LogP) is 3.15. The van der Waals surface area contributed by atoms with E-state index in [0.717, 1.165) is 24.8 Å². The van der Waals surface area contributed by atoms with Crippen molar-refractivity contribution < 1.29 is 8.78 Å².